The molecule has 0 saturated carbocycles. The molecule has 0 spiro atoms. The lowest BCUT2D eigenvalue weighted by molar-refractivity contribution is -0.137. The Morgan fingerprint density at radius 2 is 1.09 bits per heavy atom. The number of nitrogens with zero attached hydrogens (tertiary/aromatic N) is 4. The minimum Gasteiger partial charge on any atom is -0.454 e. The Kier molecular flexibility index (Phi) is 10.4. The van der Waals surface area contributed by atoms with Crippen LogP contribution in [-0.4, -0.2) is 105 Å². The number of ether oxygens (including phenoxy) is 2. The number of likely N-dealkylation sites (tertiary alicyclic amines) is 2. The molecule has 0 bridgehead atoms. The van der Waals surface area contributed by atoms with Crippen molar-refractivity contribution in [2.24, 2.45) is 11.8 Å². The molecule has 1 aromatic carbocycles. The standard InChI is InChI=1S/C38H42F4N8O8/c1-17(2)29(47-35(53)55-5)33(51)49-15-37(39,40)11-23(49)31-43-13-21(45-31)27-9-19-7-26-20(8-25(19)57-27)10-28(58-26)22-14-44-32(46-22)24-12-38(41,42)16-50(24)34(52)30(18(3)4)48-36(54)56-6/h7-10,13-14,17-18,23-24,29-30H,11-12,15-16H2,1-6H3,(H,43,45)(H,44,46)(H,47,53)(H,48,54)/t23-,24-,29-,30-/m1/s1. The fraction of sp³-hybridized carbons (Fsp3) is 0.474. The number of hydrogen-bond acceptors (Lipinski definition) is 10. The van der Waals surface area contributed by atoms with Crippen LogP contribution in [0.4, 0.5) is 27.2 Å². The van der Waals surface area contributed by atoms with E-state index in [2.05, 4.69) is 40.0 Å². The van der Waals surface area contributed by atoms with Crippen LogP contribution in [0.1, 0.15) is 64.3 Å². The number of methoxy groups -OCH3 is 2. The van der Waals surface area contributed by atoms with Crippen molar-refractivity contribution in [1.29, 1.82) is 0 Å². The van der Waals surface area contributed by atoms with Crippen molar-refractivity contribution in [3.63, 3.8) is 0 Å². The Morgan fingerprint density at radius 1 is 0.707 bits per heavy atom. The highest BCUT2D eigenvalue weighted by Crippen LogP contribution is 2.43. The number of alkyl halides is 4. The zero-order valence-corrected chi connectivity index (χ0v) is 32.3. The first-order chi connectivity index (χ1) is 27.4. The van der Waals surface area contributed by atoms with Gasteiger partial charge in [0.05, 0.1) is 51.8 Å². The topological polar surface area (TPSA) is 201 Å². The molecule has 310 valence electrons. The molecular weight excluding hydrogens is 772 g/mol. The van der Waals surface area contributed by atoms with Crippen LogP contribution in [0.5, 0.6) is 0 Å². The smallest absolute Gasteiger partial charge is 0.407 e. The van der Waals surface area contributed by atoms with Crippen molar-refractivity contribution in [3.8, 4) is 22.9 Å². The molecule has 2 aliphatic heterocycles. The number of nitrogens with one attached hydrogen (secondary N) is 4. The minimum atomic E-state index is -3.20. The fourth-order valence-corrected chi connectivity index (χ4v) is 7.44. The summed E-state index contributed by atoms with van der Waals surface area (Å²) < 4.78 is 80.7. The quantitative estimate of drug-likeness (QED) is 0.112. The molecule has 16 nitrogen and oxygen atoms in total. The number of hydrogen-bond donors (Lipinski definition) is 4. The highest BCUT2D eigenvalue weighted by molar-refractivity contribution is 5.96. The number of fused-ring (bicyclic) bond motifs is 2. The van der Waals surface area contributed by atoms with Gasteiger partial charge in [-0.05, 0) is 36.1 Å². The summed E-state index contributed by atoms with van der Waals surface area (Å²) in [5.74, 6) is -7.72. The summed E-state index contributed by atoms with van der Waals surface area (Å²) in [6, 6.07) is 2.43. The highest BCUT2D eigenvalue weighted by atomic mass is 19.3. The van der Waals surface area contributed by atoms with Crippen molar-refractivity contribution < 1.29 is 55.0 Å². The lowest BCUT2D eigenvalue weighted by Crippen LogP contribution is -2.51. The van der Waals surface area contributed by atoms with Gasteiger partial charge in [0.1, 0.15) is 46.3 Å². The van der Waals surface area contributed by atoms with Gasteiger partial charge in [-0.15, -0.1) is 0 Å². The zero-order chi connectivity index (χ0) is 41.8. The van der Waals surface area contributed by atoms with Crippen molar-refractivity contribution >= 4 is 45.9 Å². The summed E-state index contributed by atoms with van der Waals surface area (Å²) in [7, 11) is 2.28. The zero-order valence-electron chi connectivity index (χ0n) is 32.3. The molecule has 4 amide bonds. The Hall–Kier alpha value is -6.08. The van der Waals surface area contributed by atoms with E-state index in [-0.39, 0.29) is 11.6 Å². The molecule has 58 heavy (non-hydrogen) atoms. The number of rotatable bonds is 10. The molecule has 20 heteroatoms. The number of alkyl carbamates (subject to hydrolysis) is 2. The second-order valence-electron chi connectivity index (χ2n) is 15.3. The summed E-state index contributed by atoms with van der Waals surface area (Å²) >= 11 is 0. The van der Waals surface area contributed by atoms with Gasteiger partial charge in [0, 0.05) is 23.6 Å². The van der Waals surface area contributed by atoms with E-state index in [1.54, 1.807) is 52.0 Å². The van der Waals surface area contributed by atoms with Crippen LogP contribution in [0.3, 0.4) is 0 Å². The SMILES string of the molecule is COC(=O)N[C@@H](C(=O)N1CC(F)(F)C[C@@H]1c1ncc(-c2cc3cc4oc(-c5cnc([C@H]6CC(F)(F)CN6C(=O)[C@H](NC(=O)OC)C(C)C)[nH]5)cc4cc3o2)[nH]1)C(C)C. The van der Waals surface area contributed by atoms with E-state index in [4.69, 9.17) is 8.83 Å². The maximum atomic E-state index is 14.8. The molecule has 4 aromatic heterocycles. The Morgan fingerprint density at radius 3 is 1.43 bits per heavy atom. The lowest BCUT2D eigenvalue weighted by atomic mass is 10.0. The lowest BCUT2D eigenvalue weighted by Gasteiger charge is -2.29. The van der Waals surface area contributed by atoms with Gasteiger partial charge >= 0.3 is 12.2 Å². The average molecular weight is 815 g/mol. The monoisotopic (exact) mass is 814 g/mol. The van der Waals surface area contributed by atoms with Crippen LogP contribution in [-0.2, 0) is 19.1 Å². The van der Waals surface area contributed by atoms with Crippen molar-refractivity contribution in [2.45, 2.75) is 76.5 Å². The summed E-state index contributed by atoms with van der Waals surface area (Å²) in [5, 5.41) is 6.14. The van der Waals surface area contributed by atoms with Gasteiger partial charge in [-0.3, -0.25) is 9.59 Å². The summed E-state index contributed by atoms with van der Waals surface area (Å²) in [6.45, 7) is 5.01. The third-order valence-electron chi connectivity index (χ3n) is 10.4. The van der Waals surface area contributed by atoms with Crippen LogP contribution >= 0.6 is 0 Å². The predicted octanol–water partition coefficient (Wildman–Crippen LogP) is 6.54. The van der Waals surface area contributed by atoms with E-state index >= 15 is 0 Å². The number of benzene rings is 1. The normalized spacial score (nSPS) is 19.9. The molecule has 7 rings (SSSR count). The van der Waals surface area contributed by atoms with E-state index in [9.17, 15) is 36.7 Å². The largest absolute Gasteiger partial charge is 0.454 e. The molecule has 5 aromatic rings. The first-order valence-corrected chi connectivity index (χ1v) is 18.5. The molecule has 0 unspecified atom stereocenters. The molecular formula is C38H42F4N8O8. The third-order valence-corrected chi connectivity index (χ3v) is 10.4. The molecule has 6 heterocycles. The summed E-state index contributed by atoms with van der Waals surface area (Å²) in [4.78, 5) is 67.6. The van der Waals surface area contributed by atoms with Crippen LogP contribution < -0.4 is 10.6 Å². The van der Waals surface area contributed by atoms with Gasteiger partial charge in [-0.2, -0.15) is 0 Å². The third kappa shape index (κ3) is 7.78. The fourth-order valence-electron chi connectivity index (χ4n) is 7.44. The Bertz CT molecular complexity index is 2160. The van der Waals surface area contributed by atoms with Crippen LogP contribution in [0.15, 0.2) is 45.5 Å². The van der Waals surface area contributed by atoms with E-state index in [1.165, 1.54) is 12.4 Å². The van der Waals surface area contributed by atoms with E-state index in [0.29, 0.717) is 44.8 Å². The van der Waals surface area contributed by atoms with Crippen molar-refractivity contribution in [2.75, 3.05) is 27.3 Å². The second kappa shape index (κ2) is 15.0. The van der Waals surface area contributed by atoms with Gasteiger partial charge in [0.15, 0.2) is 11.5 Å². The number of carbonyl (C=O) groups is 4. The minimum absolute atomic E-state index is 0.116. The molecule has 0 radical (unpaired) electrons. The number of amides is 4. The number of H-pyrrole nitrogens is 2. The Labute approximate surface area is 328 Å². The maximum Gasteiger partial charge on any atom is 0.407 e. The van der Waals surface area contributed by atoms with Crippen molar-refractivity contribution in [1.82, 2.24) is 40.4 Å². The van der Waals surface area contributed by atoms with E-state index in [0.717, 1.165) is 24.0 Å². The maximum absolute atomic E-state index is 14.8. The number of aromatic nitrogens is 4. The van der Waals surface area contributed by atoms with E-state index < -0.39 is 97.8 Å². The Balaban J connectivity index is 1.11. The molecule has 4 N–H and O–H groups in total. The molecule has 2 fully saturated rings. The van der Waals surface area contributed by atoms with Gasteiger partial charge in [-0.1, -0.05) is 27.7 Å². The number of furan rings is 2. The number of carbonyl (C=O) groups excluding carboxylic acids is 4. The van der Waals surface area contributed by atoms with Crippen LogP contribution in [0.2, 0.25) is 0 Å². The first-order valence-electron chi connectivity index (χ1n) is 18.5. The summed E-state index contributed by atoms with van der Waals surface area (Å²) in [6.07, 6.45) is -0.234. The predicted molar refractivity (Wildman–Crippen MR) is 198 cm³/mol. The number of imidazole rings is 2. The number of aromatic amines is 2. The summed E-state index contributed by atoms with van der Waals surface area (Å²) in [5.41, 5.74) is 1.65. The van der Waals surface area contributed by atoms with Crippen LogP contribution in [0.25, 0.3) is 44.8 Å². The van der Waals surface area contributed by atoms with Gasteiger partial charge in [-0.25, -0.2) is 37.1 Å². The van der Waals surface area contributed by atoms with Gasteiger partial charge in [0.25, 0.3) is 11.8 Å². The van der Waals surface area contributed by atoms with Gasteiger partial charge < -0.3 is 48.7 Å². The highest BCUT2D eigenvalue weighted by Gasteiger charge is 2.51. The van der Waals surface area contributed by atoms with Crippen molar-refractivity contribution in [3.05, 3.63) is 48.3 Å². The molecule has 2 saturated heterocycles. The van der Waals surface area contributed by atoms with Gasteiger partial charge in [0.2, 0.25) is 11.8 Å². The second-order valence-corrected chi connectivity index (χ2v) is 15.3. The molecule has 0 aliphatic carbocycles. The van der Waals surface area contributed by atoms with Crippen LogP contribution in [0, 0.1) is 11.8 Å². The molecule has 4 atom stereocenters. The first kappa shape index (κ1) is 40.1. The van der Waals surface area contributed by atoms with E-state index in [1.807, 2.05) is 0 Å². The average Bonchev–Trinajstić information content (AvgIpc) is 4.02. The number of halogens is 4. The molecule has 2 aliphatic rings.